The van der Waals surface area contributed by atoms with Gasteiger partial charge in [0.05, 0.1) is 0 Å². The number of ether oxygens (including phenoxy) is 1. The molecule has 0 amide bonds. The standard InChI is InChI=1S/C14H28N2O/c1-15-13-5-3-11(4-6-13)14(16-2)12-7-9-17-10-8-12/h11-16H,3-10H2,1-2H3. The van der Waals surface area contributed by atoms with E-state index in [0.717, 1.165) is 37.1 Å². The van der Waals surface area contributed by atoms with Crippen LogP contribution >= 0.6 is 0 Å². The molecule has 1 atom stereocenters. The maximum absolute atomic E-state index is 5.48. The zero-order valence-corrected chi connectivity index (χ0v) is 11.4. The highest BCUT2D eigenvalue weighted by Crippen LogP contribution is 2.32. The van der Waals surface area contributed by atoms with Gasteiger partial charge >= 0.3 is 0 Å². The normalized spacial score (nSPS) is 33.5. The molecule has 3 heteroatoms. The molecule has 1 heterocycles. The van der Waals surface area contributed by atoms with Crippen molar-refractivity contribution in [1.82, 2.24) is 10.6 Å². The molecular weight excluding hydrogens is 212 g/mol. The van der Waals surface area contributed by atoms with E-state index < -0.39 is 0 Å². The lowest BCUT2D eigenvalue weighted by atomic mass is 9.75. The van der Waals surface area contributed by atoms with Crippen LogP contribution in [0.5, 0.6) is 0 Å². The van der Waals surface area contributed by atoms with Crippen LogP contribution in [-0.4, -0.2) is 39.4 Å². The van der Waals surface area contributed by atoms with Crippen LogP contribution in [0.2, 0.25) is 0 Å². The molecule has 3 nitrogen and oxygen atoms in total. The third kappa shape index (κ3) is 3.43. The fraction of sp³-hybridized carbons (Fsp3) is 1.00. The van der Waals surface area contributed by atoms with Gasteiger partial charge in [-0.15, -0.1) is 0 Å². The maximum atomic E-state index is 5.48. The van der Waals surface area contributed by atoms with Crippen LogP contribution in [0.25, 0.3) is 0 Å². The number of nitrogens with one attached hydrogen (secondary N) is 2. The number of hydrogen-bond donors (Lipinski definition) is 2. The van der Waals surface area contributed by atoms with Gasteiger partial charge in [-0.05, 0) is 64.5 Å². The van der Waals surface area contributed by atoms with E-state index in [1.54, 1.807) is 0 Å². The van der Waals surface area contributed by atoms with Gasteiger partial charge in [0, 0.05) is 25.3 Å². The topological polar surface area (TPSA) is 33.3 Å². The van der Waals surface area contributed by atoms with Gasteiger partial charge in [-0.25, -0.2) is 0 Å². The van der Waals surface area contributed by atoms with Gasteiger partial charge in [0.15, 0.2) is 0 Å². The average Bonchev–Trinajstić information content (AvgIpc) is 2.42. The smallest absolute Gasteiger partial charge is 0.0469 e. The van der Waals surface area contributed by atoms with Crippen LogP contribution in [0, 0.1) is 11.8 Å². The van der Waals surface area contributed by atoms with Crippen molar-refractivity contribution in [3.63, 3.8) is 0 Å². The Balaban J connectivity index is 1.85. The second kappa shape index (κ2) is 6.72. The van der Waals surface area contributed by atoms with Crippen LogP contribution < -0.4 is 10.6 Å². The molecule has 0 aromatic heterocycles. The van der Waals surface area contributed by atoms with Crippen molar-refractivity contribution in [2.45, 2.75) is 50.6 Å². The van der Waals surface area contributed by atoms with E-state index >= 15 is 0 Å². The molecule has 0 radical (unpaired) electrons. The molecule has 0 bridgehead atoms. The predicted molar refractivity (Wildman–Crippen MR) is 71.2 cm³/mol. The van der Waals surface area contributed by atoms with E-state index in [9.17, 15) is 0 Å². The lowest BCUT2D eigenvalue weighted by molar-refractivity contribution is 0.0410. The minimum absolute atomic E-state index is 0.719. The van der Waals surface area contributed by atoms with Gasteiger partial charge in [-0.2, -0.15) is 0 Å². The molecule has 0 spiro atoms. The Morgan fingerprint density at radius 3 is 2.00 bits per heavy atom. The van der Waals surface area contributed by atoms with E-state index in [4.69, 9.17) is 4.74 Å². The average molecular weight is 240 g/mol. The van der Waals surface area contributed by atoms with Gasteiger partial charge < -0.3 is 15.4 Å². The van der Waals surface area contributed by atoms with Gasteiger partial charge in [-0.1, -0.05) is 0 Å². The number of rotatable bonds is 4. The maximum Gasteiger partial charge on any atom is 0.0469 e. The summed E-state index contributed by atoms with van der Waals surface area (Å²) in [5.74, 6) is 1.72. The highest BCUT2D eigenvalue weighted by molar-refractivity contribution is 4.88. The third-order valence-electron chi connectivity index (χ3n) is 4.80. The van der Waals surface area contributed by atoms with Crippen molar-refractivity contribution < 1.29 is 4.74 Å². The first-order valence-corrected chi connectivity index (χ1v) is 7.27. The highest BCUT2D eigenvalue weighted by Gasteiger charge is 2.32. The van der Waals surface area contributed by atoms with E-state index in [-0.39, 0.29) is 0 Å². The van der Waals surface area contributed by atoms with E-state index in [0.29, 0.717) is 0 Å². The van der Waals surface area contributed by atoms with Crippen LogP contribution in [0.3, 0.4) is 0 Å². The molecule has 1 aliphatic carbocycles. The molecule has 2 N–H and O–H groups in total. The van der Waals surface area contributed by atoms with E-state index in [1.165, 1.54) is 38.5 Å². The second-order valence-electron chi connectivity index (χ2n) is 5.66. The molecule has 1 saturated heterocycles. The fourth-order valence-corrected chi connectivity index (χ4v) is 3.70. The summed E-state index contributed by atoms with van der Waals surface area (Å²) in [6.07, 6.45) is 7.96. The third-order valence-corrected chi connectivity index (χ3v) is 4.80. The van der Waals surface area contributed by atoms with Crippen molar-refractivity contribution in [2.75, 3.05) is 27.3 Å². The zero-order valence-electron chi connectivity index (χ0n) is 11.4. The fourth-order valence-electron chi connectivity index (χ4n) is 3.70. The minimum Gasteiger partial charge on any atom is -0.381 e. The second-order valence-corrected chi connectivity index (χ2v) is 5.66. The van der Waals surface area contributed by atoms with Gasteiger partial charge in [0.1, 0.15) is 0 Å². The summed E-state index contributed by atoms with van der Waals surface area (Å²) in [5, 5.41) is 7.02. The summed E-state index contributed by atoms with van der Waals surface area (Å²) in [6, 6.07) is 1.48. The Labute approximate surface area is 106 Å². The lowest BCUT2D eigenvalue weighted by Gasteiger charge is -2.39. The first-order chi connectivity index (χ1) is 8.35. The molecule has 1 aliphatic heterocycles. The van der Waals surface area contributed by atoms with Crippen LogP contribution in [0.4, 0.5) is 0 Å². The van der Waals surface area contributed by atoms with Crippen molar-refractivity contribution >= 4 is 0 Å². The largest absolute Gasteiger partial charge is 0.381 e. The molecule has 2 rings (SSSR count). The lowest BCUT2D eigenvalue weighted by Crippen LogP contribution is -2.45. The van der Waals surface area contributed by atoms with Crippen molar-refractivity contribution in [1.29, 1.82) is 0 Å². The quantitative estimate of drug-likeness (QED) is 0.786. The Morgan fingerprint density at radius 2 is 1.47 bits per heavy atom. The first-order valence-electron chi connectivity index (χ1n) is 7.27. The summed E-state index contributed by atoms with van der Waals surface area (Å²) in [5.41, 5.74) is 0. The molecule has 0 aromatic rings. The summed E-state index contributed by atoms with van der Waals surface area (Å²) in [4.78, 5) is 0. The summed E-state index contributed by atoms with van der Waals surface area (Å²) in [6.45, 7) is 1.93. The molecule has 0 aromatic carbocycles. The van der Waals surface area contributed by atoms with Gasteiger partial charge in [0.25, 0.3) is 0 Å². The van der Waals surface area contributed by atoms with Crippen LogP contribution in [-0.2, 0) is 4.74 Å². The van der Waals surface area contributed by atoms with Gasteiger partial charge in [-0.3, -0.25) is 0 Å². The molecule has 1 unspecified atom stereocenters. The molecule has 1 saturated carbocycles. The predicted octanol–water partition coefficient (Wildman–Crippen LogP) is 1.78. The Bertz CT molecular complexity index is 208. The molecular formula is C14H28N2O. The SMILES string of the molecule is CNC1CCC(C(NC)C2CCOCC2)CC1. The summed E-state index contributed by atoms with van der Waals surface area (Å²) < 4.78 is 5.48. The Morgan fingerprint density at radius 1 is 0.882 bits per heavy atom. The van der Waals surface area contributed by atoms with Crippen LogP contribution in [0.15, 0.2) is 0 Å². The van der Waals surface area contributed by atoms with E-state index in [1.807, 2.05) is 0 Å². The molecule has 17 heavy (non-hydrogen) atoms. The van der Waals surface area contributed by atoms with Crippen molar-refractivity contribution in [3.05, 3.63) is 0 Å². The molecule has 100 valence electrons. The Hall–Kier alpha value is -0.120. The first kappa shape index (κ1) is 13.3. The monoisotopic (exact) mass is 240 g/mol. The summed E-state index contributed by atoms with van der Waals surface area (Å²) >= 11 is 0. The van der Waals surface area contributed by atoms with Crippen LogP contribution in [0.1, 0.15) is 38.5 Å². The van der Waals surface area contributed by atoms with Crippen molar-refractivity contribution in [3.8, 4) is 0 Å². The van der Waals surface area contributed by atoms with E-state index in [2.05, 4.69) is 24.7 Å². The molecule has 2 aliphatic rings. The highest BCUT2D eigenvalue weighted by atomic mass is 16.5. The van der Waals surface area contributed by atoms with Gasteiger partial charge in [0.2, 0.25) is 0 Å². The molecule has 2 fully saturated rings. The number of hydrogen-bond acceptors (Lipinski definition) is 3. The Kier molecular flexibility index (Phi) is 5.26. The minimum atomic E-state index is 0.719. The zero-order chi connectivity index (χ0) is 12.1. The summed E-state index contributed by atoms with van der Waals surface area (Å²) in [7, 11) is 4.24. The van der Waals surface area contributed by atoms with Crippen molar-refractivity contribution in [2.24, 2.45) is 11.8 Å².